The van der Waals surface area contributed by atoms with E-state index in [-0.39, 0.29) is 11.9 Å². The second-order valence-electron chi connectivity index (χ2n) is 3.85. The standard InChI is InChI=1S/C11H19N2O2S/c1-2-16-8-9(5-6-10(12)14)13-7-3-4-11(13)15/h6,9H,2-5,7-8H2,1H3,(H2,12,14). The van der Waals surface area contributed by atoms with E-state index in [0.29, 0.717) is 12.8 Å². The Morgan fingerprint density at radius 2 is 2.44 bits per heavy atom. The molecule has 16 heavy (non-hydrogen) atoms. The van der Waals surface area contributed by atoms with Gasteiger partial charge in [0.05, 0.1) is 6.42 Å². The van der Waals surface area contributed by atoms with E-state index in [2.05, 4.69) is 6.92 Å². The number of hydrogen-bond donors (Lipinski definition) is 1. The molecule has 91 valence electrons. The number of hydrogen-bond acceptors (Lipinski definition) is 3. The van der Waals surface area contributed by atoms with Gasteiger partial charge in [0.1, 0.15) is 0 Å². The highest BCUT2D eigenvalue weighted by atomic mass is 32.2. The summed E-state index contributed by atoms with van der Waals surface area (Å²) in [7, 11) is 0. The van der Waals surface area contributed by atoms with Crippen LogP contribution in [-0.2, 0) is 9.59 Å². The Morgan fingerprint density at radius 3 is 2.94 bits per heavy atom. The molecule has 1 aliphatic rings. The molecular weight excluding hydrogens is 224 g/mol. The molecule has 2 amide bonds. The van der Waals surface area contributed by atoms with Crippen molar-refractivity contribution in [1.82, 2.24) is 4.90 Å². The van der Waals surface area contributed by atoms with Crippen LogP contribution in [0.1, 0.15) is 26.2 Å². The van der Waals surface area contributed by atoms with Crippen molar-refractivity contribution in [2.24, 2.45) is 5.73 Å². The fourth-order valence-electron chi connectivity index (χ4n) is 1.85. The van der Waals surface area contributed by atoms with Crippen LogP contribution in [-0.4, -0.2) is 40.8 Å². The Hall–Kier alpha value is -0.710. The fraction of sp³-hybridized carbons (Fsp3) is 0.727. The third kappa shape index (κ3) is 4.04. The van der Waals surface area contributed by atoms with Crippen LogP contribution in [0.3, 0.4) is 0 Å². The molecule has 1 heterocycles. The lowest BCUT2D eigenvalue weighted by molar-refractivity contribution is -0.129. The van der Waals surface area contributed by atoms with Gasteiger partial charge in [-0.25, -0.2) is 0 Å². The lowest BCUT2D eigenvalue weighted by Gasteiger charge is -2.27. The normalized spacial score (nSPS) is 17.8. The molecule has 5 heteroatoms. The van der Waals surface area contributed by atoms with Gasteiger partial charge >= 0.3 is 0 Å². The molecule has 0 aromatic heterocycles. The minimum atomic E-state index is -0.404. The topological polar surface area (TPSA) is 63.4 Å². The summed E-state index contributed by atoms with van der Waals surface area (Å²) in [5.74, 6) is 1.71. The molecular formula is C11H19N2O2S. The van der Waals surface area contributed by atoms with Crippen LogP contribution in [0.15, 0.2) is 0 Å². The molecule has 1 rings (SSSR count). The Kier molecular flexibility index (Phi) is 5.66. The van der Waals surface area contributed by atoms with Crippen LogP contribution in [0.4, 0.5) is 0 Å². The average Bonchev–Trinajstić information content (AvgIpc) is 2.65. The zero-order valence-electron chi connectivity index (χ0n) is 9.65. The summed E-state index contributed by atoms with van der Waals surface area (Å²) in [6, 6.07) is 0.132. The van der Waals surface area contributed by atoms with Gasteiger partial charge in [0, 0.05) is 24.8 Å². The highest BCUT2D eigenvalue weighted by Crippen LogP contribution is 2.20. The minimum absolute atomic E-state index is 0.132. The number of nitrogens with zero attached hydrogens (tertiary/aromatic N) is 1. The molecule has 0 aromatic rings. The molecule has 1 saturated heterocycles. The first-order valence-electron chi connectivity index (χ1n) is 5.65. The first-order valence-corrected chi connectivity index (χ1v) is 6.80. The zero-order valence-corrected chi connectivity index (χ0v) is 10.5. The van der Waals surface area contributed by atoms with Crippen molar-refractivity contribution in [3.8, 4) is 0 Å². The predicted molar refractivity (Wildman–Crippen MR) is 65.8 cm³/mol. The van der Waals surface area contributed by atoms with E-state index in [1.54, 1.807) is 11.8 Å². The van der Waals surface area contributed by atoms with Crippen molar-refractivity contribution in [1.29, 1.82) is 0 Å². The van der Waals surface area contributed by atoms with E-state index in [1.807, 2.05) is 4.90 Å². The molecule has 1 unspecified atom stereocenters. The van der Waals surface area contributed by atoms with E-state index in [1.165, 1.54) is 6.42 Å². The average molecular weight is 243 g/mol. The molecule has 1 radical (unpaired) electrons. The Morgan fingerprint density at radius 1 is 1.69 bits per heavy atom. The number of carbonyl (C=O) groups is 2. The van der Waals surface area contributed by atoms with Gasteiger partial charge in [-0.1, -0.05) is 6.92 Å². The molecule has 0 aliphatic carbocycles. The van der Waals surface area contributed by atoms with Gasteiger partial charge in [-0.05, 0) is 18.6 Å². The molecule has 1 atom stereocenters. The maximum atomic E-state index is 11.6. The number of amides is 2. The second kappa shape index (κ2) is 6.78. The van der Waals surface area contributed by atoms with Crippen LogP contribution >= 0.6 is 11.8 Å². The summed E-state index contributed by atoms with van der Waals surface area (Å²) in [6.45, 7) is 2.91. The molecule has 2 N–H and O–H groups in total. The number of nitrogens with two attached hydrogens (primary N) is 1. The van der Waals surface area contributed by atoms with E-state index < -0.39 is 5.91 Å². The maximum Gasteiger partial charge on any atom is 0.222 e. The summed E-state index contributed by atoms with van der Waals surface area (Å²) in [6.07, 6.45) is 3.63. The van der Waals surface area contributed by atoms with Crippen molar-refractivity contribution in [3.63, 3.8) is 0 Å². The van der Waals surface area contributed by atoms with Crippen LogP contribution in [0, 0.1) is 6.42 Å². The van der Waals surface area contributed by atoms with Gasteiger partial charge in [-0.15, -0.1) is 0 Å². The summed E-state index contributed by atoms with van der Waals surface area (Å²) in [4.78, 5) is 24.2. The molecule has 1 aliphatic heterocycles. The summed E-state index contributed by atoms with van der Waals surface area (Å²) >= 11 is 1.79. The largest absolute Gasteiger partial charge is 0.369 e. The fourth-order valence-corrected chi connectivity index (χ4v) is 2.67. The van der Waals surface area contributed by atoms with Crippen LogP contribution in [0.25, 0.3) is 0 Å². The monoisotopic (exact) mass is 243 g/mol. The molecule has 4 nitrogen and oxygen atoms in total. The summed E-state index contributed by atoms with van der Waals surface area (Å²) < 4.78 is 0. The van der Waals surface area contributed by atoms with Gasteiger partial charge < -0.3 is 10.6 Å². The lowest BCUT2D eigenvalue weighted by atomic mass is 10.1. The van der Waals surface area contributed by atoms with E-state index >= 15 is 0 Å². The second-order valence-corrected chi connectivity index (χ2v) is 5.17. The molecule has 0 spiro atoms. The van der Waals surface area contributed by atoms with Crippen molar-refractivity contribution < 1.29 is 9.59 Å². The van der Waals surface area contributed by atoms with E-state index in [4.69, 9.17) is 5.73 Å². The number of primary amides is 1. The molecule has 1 fully saturated rings. The van der Waals surface area contributed by atoms with Gasteiger partial charge in [-0.3, -0.25) is 9.59 Å². The number of likely N-dealkylation sites (tertiary alicyclic amines) is 1. The Balaban J connectivity index is 2.48. The SMILES string of the molecule is CCSCC(C[CH]C(N)=O)N1CCCC1=O. The smallest absolute Gasteiger partial charge is 0.222 e. The van der Waals surface area contributed by atoms with Gasteiger partial charge in [0.25, 0.3) is 0 Å². The number of carbonyl (C=O) groups excluding carboxylic acids is 2. The third-order valence-corrected chi connectivity index (χ3v) is 3.68. The Bertz CT molecular complexity index is 258. The highest BCUT2D eigenvalue weighted by Gasteiger charge is 2.27. The highest BCUT2D eigenvalue weighted by molar-refractivity contribution is 7.99. The van der Waals surface area contributed by atoms with Crippen LogP contribution in [0.2, 0.25) is 0 Å². The Labute approximate surface area is 101 Å². The summed E-state index contributed by atoms with van der Waals surface area (Å²) in [5, 5.41) is 0. The van der Waals surface area contributed by atoms with Crippen LogP contribution in [0.5, 0.6) is 0 Å². The van der Waals surface area contributed by atoms with Gasteiger partial charge in [0.15, 0.2) is 0 Å². The maximum absolute atomic E-state index is 11.6. The van der Waals surface area contributed by atoms with Gasteiger partial charge in [-0.2, -0.15) is 11.8 Å². The molecule has 0 aromatic carbocycles. The summed E-state index contributed by atoms with van der Waals surface area (Å²) in [5.41, 5.74) is 5.10. The van der Waals surface area contributed by atoms with Crippen molar-refractivity contribution in [3.05, 3.63) is 6.42 Å². The van der Waals surface area contributed by atoms with Crippen molar-refractivity contribution in [2.75, 3.05) is 18.1 Å². The predicted octanol–water partition coefficient (Wildman–Crippen LogP) is 0.810. The molecule has 0 saturated carbocycles. The third-order valence-electron chi connectivity index (χ3n) is 2.66. The number of thioether (sulfide) groups is 1. The van der Waals surface area contributed by atoms with Gasteiger partial charge in [0.2, 0.25) is 11.8 Å². The first kappa shape index (κ1) is 13.4. The lowest BCUT2D eigenvalue weighted by Crippen LogP contribution is -2.38. The minimum Gasteiger partial charge on any atom is -0.369 e. The first-order chi connectivity index (χ1) is 7.65. The zero-order chi connectivity index (χ0) is 12.0. The van der Waals surface area contributed by atoms with Crippen molar-refractivity contribution in [2.45, 2.75) is 32.2 Å². The van der Waals surface area contributed by atoms with Crippen molar-refractivity contribution >= 4 is 23.6 Å². The quantitative estimate of drug-likeness (QED) is 0.719. The van der Waals surface area contributed by atoms with Crippen LogP contribution < -0.4 is 5.73 Å². The van der Waals surface area contributed by atoms with E-state index in [9.17, 15) is 9.59 Å². The molecule has 0 bridgehead atoms. The van der Waals surface area contributed by atoms with E-state index in [0.717, 1.165) is 24.5 Å². The number of rotatable bonds is 7.